The van der Waals surface area contributed by atoms with Gasteiger partial charge in [0.1, 0.15) is 17.5 Å². The Labute approximate surface area is 210 Å². The first kappa shape index (κ1) is 25.6. The summed E-state index contributed by atoms with van der Waals surface area (Å²) >= 11 is 18.8. The van der Waals surface area contributed by atoms with Crippen molar-refractivity contribution in [3.05, 3.63) is 69.6 Å². The highest BCUT2D eigenvalue weighted by Crippen LogP contribution is 2.25. The molecule has 5 nitrogen and oxygen atoms in total. The molecule has 1 aliphatic carbocycles. The molecule has 33 heavy (non-hydrogen) atoms. The monoisotopic (exact) mass is 511 g/mol. The maximum absolute atomic E-state index is 13.8. The molecule has 0 atom stereocenters. The summed E-state index contributed by atoms with van der Waals surface area (Å²) in [5.41, 5.74) is 1.53. The summed E-state index contributed by atoms with van der Waals surface area (Å²) in [6.07, 6.45) is 13.7. The van der Waals surface area contributed by atoms with Crippen molar-refractivity contribution in [2.24, 2.45) is 9.98 Å². The van der Waals surface area contributed by atoms with Crippen molar-refractivity contribution in [1.82, 2.24) is 15.1 Å². The van der Waals surface area contributed by atoms with Crippen LogP contribution in [0.4, 0.5) is 4.39 Å². The summed E-state index contributed by atoms with van der Waals surface area (Å²) in [4.78, 5) is 13.4. The lowest BCUT2D eigenvalue weighted by Crippen LogP contribution is -2.47. The molecule has 2 aliphatic heterocycles. The van der Waals surface area contributed by atoms with Crippen molar-refractivity contribution in [3.8, 4) is 0 Å². The summed E-state index contributed by atoms with van der Waals surface area (Å²) in [6, 6.07) is 0. The van der Waals surface area contributed by atoms with Gasteiger partial charge in [0.05, 0.1) is 15.8 Å². The zero-order valence-electron chi connectivity index (χ0n) is 18.9. The van der Waals surface area contributed by atoms with E-state index >= 15 is 0 Å². The number of rotatable bonds is 7. The van der Waals surface area contributed by atoms with E-state index in [0.717, 1.165) is 60.6 Å². The largest absolute Gasteiger partial charge is 0.374 e. The van der Waals surface area contributed by atoms with Gasteiger partial charge in [-0.05, 0) is 35.7 Å². The minimum Gasteiger partial charge on any atom is -0.374 e. The predicted octanol–water partition coefficient (Wildman–Crippen LogP) is 6.17. The number of hydrogen-bond acceptors (Lipinski definition) is 5. The van der Waals surface area contributed by atoms with Crippen LogP contribution in [0.15, 0.2) is 79.5 Å². The molecular formula is C24H29Cl3FN5. The van der Waals surface area contributed by atoms with E-state index < -0.39 is 5.83 Å². The van der Waals surface area contributed by atoms with E-state index in [0.29, 0.717) is 19.3 Å². The molecule has 0 spiro atoms. The molecule has 9 heteroatoms. The van der Waals surface area contributed by atoms with Gasteiger partial charge in [0.15, 0.2) is 0 Å². The van der Waals surface area contributed by atoms with Crippen LogP contribution in [0.5, 0.6) is 0 Å². The molecule has 2 heterocycles. The molecule has 0 bridgehead atoms. The number of piperazine rings is 1. The maximum atomic E-state index is 13.8. The van der Waals surface area contributed by atoms with Gasteiger partial charge in [-0.25, -0.2) is 14.4 Å². The maximum Gasteiger partial charge on any atom is 0.224 e. The van der Waals surface area contributed by atoms with Gasteiger partial charge in [-0.15, -0.1) is 0 Å². The van der Waals surface area contributed by atoms with Crippen LogP contribution in [0.3, 0.4) is 0 Å². The highest BCUT2D eigenvalue weighted by molar-refractivity contribution is 6.66. The van der Waals surface area contributed by atoms with E-state index in [1.54, 1.807) is 6.08 Å². The minimum absolute atomic E-state index is 0.163. The fourth-order valence-electron chi connectivity index (χ4n) is 3.80. The number of allylic oxidation sites excluding steroid dienone is 10. The Morgan fingerprint density at radius 1 is 1.09 bits per heavy atom. The van der Waals surface area contributed by atoms with Gasteiger partial charge in [-0.3, -0.25) is 0 Å². The Morgan fingerprint density at radius 2 is 1.85 bits per heavy atom. The fraction of sp³-hybridized carbons (Fsp3) is 0.417. The molecule has 1 N–H and O–H groups in total. The molecule has 1 saturated heterocycles. The number of hydrogen-bond donors (Lipinski definition) is 1. The summed E-state index contributed by atoms with van der Waals surface area (Å²) in [6.45, 7) is 5.28. The first-order valence-corrected chi connectivity index (χ1v) is 12.2. The van der Waals surface area contributed by atoms with Crippen LogP contribution in [0.1, 0.15) is 32.6 Å². The molecule has 1 fully saturated rings. The van der Waals surface area contributed by atoms with Gasteiger partial charge in [0.2, 0.25) is 5.29 Å². The number of nitrogens with zero attached hydrogens (tertiary/aromatic N) is 4. The van der Waals surface area contributed by atoms with Gasteiger partial charge in [-0.1, -0.05) is 54.4 Å². The second-order valence-electron chi connectivity index (χ2n) is 7.72. The Morgan fingerprint density at radius 3 is 2.55 bits per heavy atom. The van der Waals surface area contributed by atoms with E-state index in [1.165, 1.54) is 6.08 Å². The second kappa shape index (κ2) is 12.4. The van der Waals surface area contributed by atoms with Crippen LogP contribution in [-0.2, 0) is 0 Å². The van der Waals surface area contributed by atoms with Crippen LogP contribution in [-0.4, -0.2) is 54.0 Å². The molecule has 0 aromatic heterocycles. The number of aliphatic imine (C=N–C) groups is 2. The van der Waals surface area contributed by atoms with Gasteiger partial charge in [0.25, 0.3) is 0 Å². The molecule has 0 unspecified atom stereocenters. The van der Waals surface area contributed by atoms with Crippen molar-refractivity contribution in [1.29, 1.82) is 0 Å². The molecule has 0 saturated carbocycles. The molecule has 0 aromatic carbocycles. The lowest BCUT2D eigenvalue weighted by Gasteiger charge is -2.38. The van der Waals surface area contributed by atoms with Crippen LogP contribution >= 0.6 is 34.8 Å². The average Bonchev–Trinajstić information content (AvgIpc) is 3.11. The smallest absolute Gasteiger partial charge is 0.224 e. The summed E-state index contributed by atoms with van der Waals surface area (Å²) in [5.74, 6) is 1.33. The van der Waals surface area contributed by atoms with Crippen molar-refractivity contribution in [2.45, 2.75) is 32.6 Å². The Hall–Kier alpha value is -2.02. The summed E-state index contributed by atoms with van der Waals surface area (Å²) in [7, 11) is 1.90. The topological polar surface area (TPSA) is 43.2 Å². The molecule has 3 rings (SSSR count). The number of halogens is 4. The number of nitrogens with one attached hydrogen (secondary N) is 1. The third-order valence-electron chi connectivity index (χ3n) is 5.53. The van der Waals surface area contributed by atoms with E-state index in [2.05, 4.69) is 44.2 Å². The molecule has 0 amide bonds. The third-order valence-corrected chi connectivity index (χ3v) is 6.37. The van der Waals surface area contributed by atoms with Crippen molar-refractivity contribution in [3.63, 3.8) is 0 Å². The summed E-state index contributed by atoms with van der Waals surface area (Å²) < 4.78 is 13.8. The van der Waals surface area contributed by atoms with Crippen LogP contribution in [0.2, 0.25) is 0 Å². The molecule has 0 aromatic rings. The first-order valence-electron chi connectivity index (χ1n) is 11.1. The molecule has 178 valence electrons. The lowest BCUT2D eigenvalue weighted by atomic mass is 10.1. The second-order valence-corrected chi connectivity index (χ2v) is 8.97. The van der Waals surface area contributed by atoms with Crippen molar-refractivity contribution >= 4 is 45.8 Å². The first-order chi connectivity index (χ1) is 15.9. The fourth-order valence-corrected chi connectivity index (χ4v) is 4.43. The van der Waals surface area contributed by atoms with E-state index in [9.17, 15) is 4.39 Å². The normalized spacial score (nSPS) is 20.7. The standard InChI is InChI=1S/C24H29Cl3FN5/c1-3-4-5-6-19(26)23(29-2)33-15-13-32(14-16-33)22-12-11-21(30-24(27)31-22)17-7-9-18(25)20(28)10-8-17/h4-5,7-8,10,12,29H,3,6,9,11,13-16H2,1-2H3/b5-4-,23-19-. The van der Waals surface area contributed by atoms with E-state index in [1.807, 2.05) is 19.2 Å². The molecule has 3 aliphatic rings. The number of amidine groups is 1. The Bertz CT molecular complexity index is 980. The quantitative estimate of drug-likeness (QED) is 0.327. The van der Waals surface area contributed by atoms with E-state index in [4.69, 9.17) is 34.8 Å². The lowest BCUT2D eigenvalue weighted by molar-refractivity contribution is 0.183. The highest BCUT2D eigenvalue weighted by atomic mass is 35.5. The summed E-state index contributed by atoms with van der Waals surface area (Å²) in [5, 5.41) is 4.40. The minimum atomic E-state index is -0.428. The molecular weight excluding hydrogens is 484 g/mol. The van der Waals surface area contributed by atoms with Crippen molar-refractivity contribution in [2.75, 3.05) is 33.2 Å². The van der Waals surface area contributed by atoms with Crippen LogP contribution in [0.25, 0.3) is 0 Å². The molecule has 0 radical (unpaired) electrons. The zero-order valence-corrected chi connectivity index (χ0v) is 21.2. The Kier molecular flexibility index (Phi) is 9.65. The Balaban J connectivity index is 1.66. The average molecular weight is 513 g/mol. The van der Waals surface area contributed by atoms with Crippen molar-refractivity contribution < 1.29 is 4.39 Å². The SMILES string of the molecule is CC/C=C\C/C(Cl)=C(\NC)N1CCN(C2=CCC(C3=CCC(Cl)=C(F)C=C3)=NC(Cl)=N2)CC1. The predicted molar refractivity (Wildman–Crippen MR) is 138 cm³/mol. The van der Waals surface area contributed by atoms with Crippen LogP contribution < -0.4 is 5.32 Å². The van der Waals surface area contributed by atoms with E-state index in [-0.39, 0.29) is 10.3 Å². The van der Waals surface area contributed by atoms with Gasteiger partial charge >= 0.3 is 0 Å². The van der Waals surface area contributed by atoms with Gasteiger partial charge in [0, 0.05) is 52.5 Å². The van der Waals surface area contributed by atoms with Gasteiger partial charge in [-0.2, -0.15) is 0 Å². The van der Waals surface area contributed by atoms with Crippen LogP contribution in [0, 0.1) is 0 Å². The highest BCUT2D eigenvalue weighted by Gasteiger charge is 2.23. The third kappa shape index (κ3) is 6.98. The zero-order chi connectivity index (χ0) is 23.8. The van der Waals surface area contributed by atoms with Gasteiger partial charge < -0.3 is 15.1 Å².